The van der Waals surface area contributed by atoms with Crippen molar-refractivity contribution >= 4 is 40.4 Å². The molecule has 1 N–H and O–H groups in total. The monoisotopic (exact) mass is 421 g/mol. The summed E-state index contributed by atoms with van der Waals surface area (Å²) in [5.41, 5.74) is 1.65. The molecule has 0 atom stereocenters. The highest BCUT2D eigenvalue weighted by atomic mass is 35.5. The molecule has 0 spiro atoms. The van der Waals surface area contributed by atoms with Crippen molar-refractivity contribution in [1.29, 1.82) is 0 Å². The fraction of sp³-hybridized carbons (Fsp3) is 0.211. The minimum atomic E-state index is -0.0480. The number of ether oxygens (including phenoxy) is 1. The quantitative estimate of drug-likeness (QED) is 0.520. The number of carbonyl (C=O) groups excluding carboxylic acids is 1. The molecular weight excluding hydrogens is 405 g/mol. The summed E-state index contributed by atoms with van der Waals surface area (Å²) in [4.78, 5) is 20.7. The van der Waals surface area contributed by atoms with Gasteiger partial charge in [0.05, 0.1) is 29.6 Å². The van der Waals surface area contributed by atoms with Gasteiger partial charge in [0.1, 0.15) is 10.8 Å². The molecule has 0 aliphatic carbocycles. The third-order valence-electron chi connectivity index (χ3n) is 3.60. The van der Waals surface area contributed by atoms with Gasteiger partial charge in [-0.05, 0) is 36.8 Å². The molecule has 0 saturated carbocycles. The van der Waals surface area contributed by atoms with Crippen molar-refractivity contribution in [3.8, 4) is 16.5 Å². The number of carbonyl (C=O) groups is 1. The van der Waals surface area contributed by atoms with Gasteiger partial charge in [-0.25, -0.2) is 4.98 Å². The number of aromatic nitrogens is 2. The van der Waals surface area contributed by atoms with Crippen molar-refractivity contribution in [3.63, 3.8) is 0 Å². The first-order valence-corrected chi connectivity index (χ1v) is 9.96. The Morgan fingerprint density at radius 2 is 2.11 bits per heavy atom. The maximum absolute atomic E-state index is 12.0. The van der Waals surface area contributed by atoms with Crippen molar-refractivity contribution in [2.24, 2.45) is 0 Å². The second-order valence-corrected chi connectivity index (χ2v) is 7.36. The molecule has 0 unspecified atom stereocenters. The average Bonchev–Trinajstić information content (AvgIpc) is 3.15. The van der Waals surface area contributed by atoms with Crippen LogP contribution in [0, 0.1) is 0 Å². The number of thiazole rings is 1. The molecule has 0 aliphatic heterocycles. The molecule has 1 aromatic carbocycles. The van der Waals surface area contributed by atoms with E-state index in [1.807, 2.05) is 23.6 Å². The van der Waals surface area contributed by atoms with E-state index in [1.165, 1.54) is 11.3 Å². The standard InChI is InChI=1S/C19H17Cl2N3O2S/c20-13-6-7-17(15(21)10-13)26-9-3-5-18(25)23-11-14-12-27-19(24-14)16-4-1-2-8-22-16/h1-2,4,6-8,10,12H,3,5,9,11H2,(H,23,25). The van der Waals surface area contributed by atoms with Gasteiger partial charge in [-0.1, -0.05) is 29.3 Å². The summed E-state index contributed by atoms with van der Waals surface area (Å²) in [6, 6.07) is 10.7. The predicted molar refractivity (Wildman–Crippen MR) is 108 cm³/mol. The highest BCUT2D eigenvalue weighted by Gasteiger charge is 2.08. The van der Waals surface area contributed by atoms with Gasteiger partial charge >= 0.3 is 0 Å². The van der Waals surface area contributed by atoms with E-state index in [0.29, 0.717) is 41.8 Å². The lowest BCUT2D eigenvalue weighted by Gasteiger charge is -2.08. The van der Waals surface area contributed by atoms with E-state index in [1.54, 1.807) is 24.4 Å². The zero-order valence-electron chi connectivity index (χ0n) is 14.3. The maximum atomic E-state index is 12.0. The zero-order chi connectivity index (χ0) is 19.1. The average molecular weight is 422 g/mol. The third kappa shape index (κ3) is 5.92. The van der Waals surface area contributed by atoms with Gasteiger partial charge in [0.25, 0.3) is 0 Å². The van der Waals surface area contributed by atoms with Crippen molar-refractivity contribution in [3.05, 3.63) is 63.7 Å². The molecular formula is C19H17Cl2N3O2S. The highest BCUT2D eigenvalue weighted by Crippen LogP contribution is 2.27. The van der Waals surface area contributed by atoms with Gasteiger partial charge < -0.3 is 10.1 Å². The Balaban J connectivity index is 1.38. The van der Waals surface area contributed by atoms with Crippen LogP contribution in [-0.2, 0) is 11.3 Å². The minimum absolute atomic E-state index is 0.0480. The third-order valence-corrected chi connectivity index (χ3v) is 5.05. The molecule has 5 nitrogen and oxygen atoms in total. The molecule has 8 heteroatoms. The molecule has 0 fully saturated rings. The minimum Gasteiger partial charge on any atom is -0.492 e. The maximum Gasteiger partial charge on any atom is 0.220 e. The summed E-state index contributed by atoms with van der Waals surface area (Å²) in [5.74, 6) is 0.513. The number of hydrogen-bond acceptors (Lipinski definition) is 5. The van der Waals surface area contributed by atoms with E-state index in [-0.39, 0.29) is 5.91 Å². The number of halogens is 2. The van der Waals surface area contributed by atoms with Crippen LogP contribution < -0.4 is 10.1 Å². The second kappa shape index (κ2) is 9.69. The van der Waals surface area contributed by atoms with Crippen LogP contribution in [0.25, 0.3) is 10.7 Å². The number of benzene rings is 1. The zero-order valence-corrected chi connectivity index (χ0v) is 16.7. The Morgan fingerprint density at radius 3 is 2.89 bits per heavy atom. The molecule has 3 rings (SSSR count). The van der Waals surface area contributed by atoms with Gasteiger partial charge in [0.15, 0.2) is 0 Å². The Morgan fingerprint density at radius 1 is 1.22 bits per heavy atom. The van der Waals surface area contributed by atoms with Crippen LogP contribution in [0.3, 0.4) is 0 Å². The first-order chi connectivity index (χ1) is 13.1. The molecule has 27 heavy (non-hydrogen) atoms. The Bertz CT molecular complexity index is 903. The van der Waals surface area contributed by atoms with Gasteiger partial charge in [-0.2, -0.15) is 0 Å². The van der Waals surface area contributed by atoms with E-state index in [4.69, 9.17) is 27.9 Å². The Hall–Kier alpha value is -2.15. The SMILES string of the molecule is O=C(CCCOc1ccc(Cl)cc1Cl)NCc1csc(-c2ccccn2)n1. The summed E-state index contributed by atoms with van der Waals surface area (Å²) in [7, 11) is 0. The van der Waals surface area contributed by atoms with Crippen LogP contribution in [0.15, 0.2) is 48.0 Å². The first kappa shape index (κ1) is 19.6. The molecule has 0 radical (unpaired) electrons. The van der Waals surface area contributed by atoms with Crippen LogP contribution in [0.1, 0.15) is 18.5 Å². The lowest BCUT2D eigenvalue weighted by molar-refractivity contribution is -0.121. The van der Waals surface area contributed by atoms with Crippen molar-refractivity contribution < 1.29 is 9.53 Å². The molecule has 0 aliphatic rings. The van der Waals surface area contributed by atoms with E-state index in [2.05, 4.69) is 15.3 Å². The molecule has 1 amide bonds. The number of nitrogens with zero attached hydrogens (tertiary/aromatic N) is 2. The second-order valence-electron chi connectivity index (χ2n) is 5.66. The van der Waals surface area contributed by atoms with Crippen LogP contribution in [-0.4, -0.2) is 22.5 Å². The summed E-state index contributed by atoms with van der Waals surface area (Å²) >= 11 is 13.4. The lowest BCUT2D eigenvalue weighted by atomic mass is 10.3. The molecule has 0 bridgehead atoms. The van der Waals surface area contributed by atoms with Gasteiger partial charge in [0.2, 0.25) is 5.91 Å². The van der Waals surface area contributed by atoms with Crippen molar-refractivity contribution in [1.82, 2.24) is 15.3 Å². The number of hydrogen-bond donors (Lipinski definition) is 1. The molecule has 3 aromatic rings. The first-order valence-electron chi connectivity index (χ1n) is 8.32. The largest absolute Gasteiger partial charge is 0.492 e. The van der Waals surface area contributed by atoms with Gasteiger partial charge in [-0.15, -0.1) is 11.3 Å². The van der Waals surface area contributed by atoms with Crippen LogP contribution in [0.5, 0.6) is 5.75 Å². The van der Waals surface area contributed by atoms with Gasteiger partial charge in [-0.3, -0.25) is 9.78 Å². The van der Waals surface area contributed by atoms with Crippen molar-refractivity contribution in [2.45, 2.75) is 19.4 Å². The van der Waals surface area contributed by atoms with Gasteiger partial charge in [0, 0.05) is 23.0 Å². The van der Waals surface area contributed by atoms with Crippen LogP contribution in [0.4, 0.5) is 0 Å². The number of amides is 1. The normalized spacial score (nSPS) is 10.6. The summed E-state index contributed by atoms with van der Waals surface area (Å²) in [6.07, 6.45) is 2.68. The number of rotatable bonds is 8. The highest BCUT2D eigenvalue weighted by molar-refractivity contribution is 7.13. The predicted octanol–water partition coefficient (Wildman–Crippen LogP) is 4.99. The number of nitrogens with one attached hydrogen (secondary N) is 1. The Labute approximate surface area is 171 Å². The topological polar surface area (TPSA) is 64.1 Å². The molecule has 2 aromatic heterocycles. The number of pyridine rings is 1. The van der Waals surface area contributed by atoms with E-state index >= 15 is 0 Å². The lowest BCUT2D eigenvalue weighted by Crippen LogP contribution is -2.23. The molecule has 140 valence electrons. The Kier molecular flexibility index (Phi) is 7.04. The van der Waals surface area contributed by atoms with E-state index in [0.717, 1.165) is 16.4 Å². The van der Waals surface area contributed by atoms with Crippen molar-refractivity contribution in [2.75, 3.05) is 6.61 Å². The fourth-order valence-electron chi connectivity index (χ4n) is 2.28. The van der Waals surface area contributed by atoms with E-state index < -0.39 is 0 Å². The smallest absolute Gasteiger partial charge is 0.220 e. The summed E-state index contributed by atoms with van der Waals surface area (Å²) in [5, 5.41) is 6.65. The van der Waals surface area contributed by atoms with Crippen LogP contribution >= 0.6 is 34.5 Å². The summed E-state index contributed by atoms with van der Waals surface area (Å²) in [6.45, 7) is 0.793. The fourth-order valence-corrected chi connectivity index (χ4v) is 3.54. The molecule has 0 saturated heterocycles. The molecule has 2 heterocycles. The van der Waals surface area contributed by atoms with E-state index in [9.17, 15) is 4.79 Å². The van der Waals surface area contributed by atoms with Crippen LogP contribution in [0.2, 0.25) is 10.0 Å². The summed E-state index contributed by atoms with van der Waals surface area (Å²) < 4.78 is 5.57.